The molecule has 4 rings (SSSR count). The van der Waals surface area contributed by atoms with Gasteiger partial charge in [0.05, 0.1) is 34.8 Å². The number of hydrazone groups is 1. The predicted octanol–water partition coefficient (Wildman–Crippen LogP) is 3.97. The molecule has 1 aliphatic rings. The van der Waals surface area contributed by atoms with Crippen LogP contribution in [0.4, 0.5) is 4.79 Å². The molecule has 0 aliphatic heterocycles. The van der Waals surface area contributed by atoms with E-state index in [4.69, 9.17) is 9.97 Å². The summed E-state index contributed by atoms with van der Waals surface area (Å²) in [5.41, 5.74) is 7.92. The Morgan fingerprint density at radius 2 is 2.14 bits per heavy atom. The first kappa shape index (κ1) is 18.2. The molecule has 0 saturated heterocycles. The number of amides is 1. The molecule has 0 aromatic carbocycles. The Morgan fingerprint density at radius 3 is 2.93 bits per heavy atom. The third-order valence-corrected chi connectivity index (χ3v) is 5.75. The van der Waals surface area contributed by atoms with Crippen molar-refractivity contribution in [3.8, 4) is 21.1 Å². The molecule has 0 unspecified atom stereocenters. The zero-order valence-corrected chi connectivity index (χ0v) is 16.4. The summed E-state index contributed by atoms with van der Waals surface area (Å²) in [5, 5.41) is 5.13. The number of aromatic nitrogens is 3. The number of hydrogen-bond acceptors (Lipinski definition) is 7. The average Bonchev–Trinajstić information content (AvgIpc) is 3.13. The van der Waals surface area contributed by atoms with Gasteiger partial charge in [-0.3, -0.25) is 4.98 Å². The number of ether oxygens (including phenoxy) is 1. The van der Waals surface area contributed by atoms with Gasteiger partial charge < -0.3 is 4.74 Å². The second-order valence-corrected chi connectivity index (χ2v) is 7.39. The van der Waals surface area contributed by atoms with Crippen LogP contribution in [-0.2, 0) is 11.2 Å². The molecule has 0 saturated carbocycles. The van der Waals surface area contributed by atoms with Gasteiger partial charge in [-0.15, -0.1) is 11.3 Å². The van der Waals surface area contributed by atoms with E-state index >= 15 is 0 Å². The number of hydrogen-bond donors (Lipinski definition) is 1. The third kappa shape index (κ3) is 3.63. The molecule has 8 heteroatoms. The first-order valence-electron chi connectivity index (χ1n) is 8.94. The van der Waals surface area contributed by atoms with Crippen LogP contribution in [-0.4, -0.2) is 33.9 Å². The van der Waals surface area contributed by atoms with Crippen molar-refractivity contribution in [2.75, 3.05) is 7.11 Å². The summed E-state index contributed by atoms with van der Waals surface area (Å²) < 4.78 is 4.59. The summed E-state index contributed by atoms with van der Waals surface area (Å²) in [6, 6.07) is 8.02. The van der Waals surface area contributed by atoms with E-state index in [0.29, 0.717) is 0 Å². The molecular formula is C20H19N5O2S. The van der Waals surface area contributed by atoms with Gasteiger partial charge in [-0.2, -0.15) is 5.10 Å². The number of aryl methyl sites for hydroxylation is 2. The molecule has 0 radical (unpaired) electrons. The van der Waals surface area contributed by atoms with Gasteiger partial charge in [0, 0.05) is 18.0 Å². The Bertz CT molecular complexity index is 1050. The summed E-state index contributed by atoms with van der Waals surface area (Å²) in [6.45, 7) is 1.99. The molecule has 3 aromatic heterocycles. The van der Waals surface area contributed by atoms with Gasteiger partial charge in [-0.05, 0) is 49.9 Å². The van der Waals surface area contributed by atoms with E-state index in [1.54, 1.807) is 17.5 Å². The summed E-state index contributed by atoms with van der Waals surface area (Å²) in [6.07, 6.45) is 5.65. The van der Waals surface area contributed by atoms with Crippen LogP contribution in [0, 0.1) is 6.92 Å². The first-order chi connectivity index (χ1) is 13.7. The highest BCUT2D eigenvalue weighted by molar-refractivity contribution is 7.18. The van der Waals surface area contributed by atoms with Crippen molar-refractivity contribution in [1.82, 2.24) is 20.4 Å². The number of rotatable bonds is 3. The zero-order chi connectivity index (χ0) is 19.5. The molecule has 0 atom stereocenters. The van der Waals surface area contributed by atoms with Crippen molar-refractivity contribution in [2.24, 2.45) is 5.10 Å². The molecule has 3 heterocycles. The Labute approximate surface area is 166 Å². The minimum absolute atomic E-state index is 0.588. The lowest BCUT2D eigenvalue weighted by molar-refractivity contribution is 0.171. The van der Waals surface area contributed by atoms with Crippen molar-refractivity contribution >= 4 is 23.1 Å². The molecular weight excluding hydrogens is 374 g/mol. The molecule has 3 aromatic rings. The normalized spacial score (nSPS) is 14.6. The second-order valence-electron chi connectivity index (χ2n) is 6.39. The van der Waals surface area contributed by atoms with Crippen molar-refractivity contribution in [3.05, 3.63) is 53.6 Å². The van der Waals surface area contributed by atoms with Gasteiger partial charge in [0.25, 0.3) is 0 Å². The largest absolute Gasteiger partial charge is 0.452 e. The second kappa shape index (κ2) is 7.85. The molecule has 28 heavy (non-hydrogen) atoms. The Morgan fingerprint density at radius 1 is 1.25 bits per heavy atom. The number of nitrogens with zero attached hydrogens (tertiary/aromatic N) is 4. The van der Waals surface area contributed by atoms with Gasteiger partial charge in [0.15, 0.2) is 0 Å². The molecule has 1 N–H and O–H groups in total. The van der Waals surface area contributed by atoms with Crippen LogP contribution in [0.1, 0.15) is 29.8 Å². The van der Waals surface area contributed by atoms with Gasteiger partial charge in [0.1, 0.15) is 5.01 Å². The van der Waals surface area contributed by atoms with E-state index in [9.17, 15) is 4.79 Å². The number of fused-ring (bicyclic) bond motifs is 1. The minimum Gasteiger partial charge on any atom is -0.452 e. The highest BCUT2D eigenvalue weighted by Gasteiger charge is 2.20. The maximum absolute atomic E-state index is 11.4. The number of carbonyl (C=O) groups excluding carboxylic acids is 1. The molecule has 142 valence electrons. The lowest BCUT2D eigenvalue weighted by Crippen LogP contribution is -2.22. The maximum Gasteiger partial charge on any atom is 0.427 e. The molecule has 7 nitrogen and oxygen atoms in total. The van der Waals surface area contributed by atoms with Gasteiger partial charge >= 0.3 is 6.09 Å². The van der Waals surface area contributed by atoms with Gasteiger partial charge in [0.2, 0.25) is 0 Å². The molecule has 0 bridgehead atoms. The predicted molar refractivity (Wildman–Crippen MR) is 108 cm³/mol. The average molecular weight is 393 g/mol. The van der Waals surface area contributed by atoms with E-state index in [2.05, 4.69) is 26.3 Å². The van der Waals surface area contributed by atoms with E-state index in [1.807, 2.05) is 31.3 Å². The minimum atomic E-state index is -0.588. The lowest BCUT2D eigenvalue weighted by atomic mass is 9.94. The SMILES string of the molecule is COC(=O)NN=C1CCCc2ccc(-c3sc(-c4cccnc4)nc3C)nc21. The van der Waals surface area contributed by atoms with Crippen LogP contribution >= 0.6 is 11.3 Å². The number of thiazole rings is 1. The van der Waals surface area contributed by atoms with Crippen molar-refractivity contribution in [2.45, 2.75) is 26.2 Å². The van der Waals surface area contributed by atoms with Crippen LogP contribution in [0.3, 0.4) is 0 Å². The summed E-state index contributed by atoms with van der Waals surface area (Å²) in [5.74, 6) is 0. The summed E-state index contributed by atoms with van der Waals surface area (Å²) in [7, 11) is 1.31. The van der Waals surface area contributed by atoms with Crippen LogP contribution in [0.15, 0.2) is 41.8 Å². The zero-order valence-electron chi connectivity index (χ0n) is 15.6. The standard InChI is InChI=1S/C20H19N5O2S/c1-12-18(28-19(22-12)14-6-4-10-21-11-14)16-9-8-13-5-3-7-15(17(13)23-16)24-25-20(26)27-2/h4,6,8-11H,3,5,7H2,1-2H3,(H,25,26). The van der Waals surface area contributed by atoms with E-state index < -0.39 is 6.09 Å². The topological polar surface area (TPSA) is 89.4 Å². The van der Waals surface area contributed by atoms with Crippen molar-refractivity contribution in [3.63, 3.8) is 0 Å². The quantitative estimate of drug-likeness (QED) is 0.680. The molecule has 0 fully saturated rings. The first-order valence-corrected chi connectivity index (χ1v) is 9.76. The van der Waals surface area contributed by atoms with E-state index in [-0.39, 0.29) is 0 Å². The van der Waals surface area contributed by atoms with Crippen molar-refractivity contribution < 1.29 is 9.53 Å². The summed E-state index contributed by atoms with van der Waals surface area (Å²) >= 11 is 1.60. The number of pyridine rings is 2. The van der Waals surface area contributed by atoms with Crippen LogP contribution < -0.4 is 5.43 Å². The number of methoxy groups -OCH3 is 1. The fraction of sp³-hybridized carbons (Fsp3) is 0.250. The Hall–Kier alpha value is -3.13. The van der Waals surface area contributed by atoms with E-state index in [0.717, 1.165) is 63.1 Å². The fourth-order valence-corrected chi connectivity index (χ4v) is 4.17. The van der Waals surface area contributed by atoms with Gasteiger partial charge in [-0.1, -0.05) is 6.07 Å². The highest BCUT2D eigenvalue weighted by atomic mass is 32.1. The molecule has 1 aliphatic carbocycles. The third-order valence-electron chi connectivity index (χ3n) is 4.52. The van der Waals surface area contributed by atoms with Crippen LogP contribution in [0.2, 0.25) is 0 Å². The number of nitrogens with one attached hydrogen (secondary N) is 1. The molecule has 1 amide bonds. The Balaban J connectivity index is 1.71. The van der Waals surface area contributed by atoms with Gasteiger partial charge in [-0.25, -0.2) is 20.2 Å². The lowest BCUT2D eigenvalue weighted by Gasteiger charge is -2.17. The molecule has 0 spiro atoms. The smallest absolute Gasteiger partial charge is 0.427 e. The summed E-state index contributed by atoms with van der Waals surface area (Å²) in [4.78, 5) is 26.1. The van der Waals surface area contributed by atoms with E-state index in [1.165, 1.54) is 7.11 Å². The number of carbonyl (C=O) groups is 1. The monoisotopic (exact) mass is 393 g/mol. The maximum atomic E-state index is 11.4. The fourth-order valence-electron chi connectivity index (χ4n) is 3.15. The van der Waals surface area contributed by atoms with Crippen molar-refractivity contribution in [1.29, 1.82) is 0 Å². The Kier molecular flexibility index (Phi) is 5.12. The van der Waals surface area contributed by atoms with Crippen LogP contribution in [0.25, 0.3) is 21.1 Å². The highest BCUT2D eigenvalue weighted by Crippen LogP contribution is 2.35. The van der Waals surface area contributed by atoms with Crippen LogP contribution in [0.5, 0.6) is 0 Å².